The Kier molecular flexibility index (Phi) is 1.83. The Balaban J connectivity index is 2.28. The first-order valence-electron chi connectivity index (χ1n) is 2.80. The molecule has 0 bridgehead atoms. The zero-order chi connectivity index (χ0) is 5.98. The molecular weight excluding hydrogens is 106 g/mol. The van der Waals surface area contributed by atoms with Gasteiger partial charge in [0, 0.05) is 6.54 Å². The molecule has 0 aromatic rings. The molecule has 8 heavy (non-hydrogen) atoms. The van der Waals surface area contributed by atoms with Gasteiger partial charge in [0.15, 0.2) is 0 Å². The van der Waals surface area contributed by atoms with Crippen LogP contribution in [0.25, 0.3) is 0 Å². The van der Waals surface area contributed by atoms with Gasteiger partial charge in [-0.25, -0.2) is 0 Å². The number of hydrogen-bond acceptors (Lipinski definition) is 3. The second-order valence-electron chi connectivity index (χ2n) is 2.03. The second kappa shape index (κ2) is 2.44. The van der Waals surface area contributed by atoms with Gasteiger partial charge in [-0.2, -0.15) is 0 Å². The molecule has 1 aliphatic rings. The Morgan fingerprint density at radius 1 is 1.75 bits per heavy atom. The largest absolute Gasteiger partial charge is 0.356 e. The molecule has 1 unspecified atom stereocenters. The molecule has 0 aromatic heterocycles. The van der Waals surface area contributed by atoms with Crippen molar-refractivity contribution in [3.8, 4) is 0 Å². The third kappa shape index (κ3) is 1.18. The molecule has 1 N–H and O–H groups in total. The van der Waals surface area contributed by atoms with Crippen LogP contribution in [0.15, 0.2) is 0 Å². The van der Waals surface area contributed by atoms with E-state index < -0.39 is 6.41 Å². The summed E-state index contributed by atoms with van der Waals surface area (Å²) in [6.07, 6.45) is 0.358. The van der Waals surface area contributed by atoms with Crippen molar-refractivity contribution in [2.24, 2.45) is 0 Å². The Morgan fingerprint density at radius 2 is 2.50 bits per heavy atom. The van der Waals surface area contributed by atoms with Crippen molar-refractivity contribution in [2.45, 2.75) is 12.8 Å². The molecule has 48 valence electrons. The average molecular weight is 117 g/mol. The Labute approximate surface area is 48.9 Å². The van der Waals surface area contributed by atoms with Gasteiger partial charge in [-0.1, -0.05) is 0 Å². The number of aliphatic hydroxyl groups excluding tert-OH is 1. The topological polar surface area (TPSA) is 32.7 Å². The summed E-state index contributed by atoms with van der Waals surface area (Å²) in [5, 5.41) is 8.88. The van der Waals surface area contributed by atoms with Gasteiger partial charge in [-0.05, 0) is 13.5 Å². The molecule has 1 heterocycles. The molecule has 0 saturated carbocycles. The van der Waals surface area contributed by atoms with Crippen LogP contribution < -0.4 is 0 Å². The first-order chi connectivity index (χ1) is 3.80. The summed E-state index contributed by atoms with van der Waals surface area (Å²) in [6.45, 7) is 1.62. The predicted octanol–water partition coefficient (Wildman–Crippen LogP) is -0.386. The van der Waals surface area contributed by atoms with Crippen molar-refractivity contribution in [2.75, 3.05) is 20.2 Å². The van der Waals surface area contributed by atoms with Crippen molar-refractivity contribution in [1.82, 2.24) is 4.90 Å². The first-order valence-corrected chi connectivity index (χ1v) is 2.80. The van der Waals surface area contributed by atoms with Gasteiger partial charge in [-0.15, -0.1) is 0 Å². The molecular formula is C5H11NO2. The summed E-state index contributed by atoms with van der Waals surface area (Å²) in [7, 11) is 1.84. The molecule has 0 radical (unpaired) electrons. The summed E-state index contributed by atoms with van der Waals surface area (Å²) in [6, 6.07) is 0. The zero-order valence-corrected chi connectivity index (χ0v) is 5.00. The molecule has 1 fully saturated rings. The zero-order valence-electron chi connectivity index (χ0n) is 5.00. The highest BCUT2D eigenvalue weighted by atomic mass is 16.6. The monoisotopic (exact) mass is 117 g/mol. The first kappa shape index (κ1) is 6.01. The molecule has 1 saturated heterocycles. The maximum Gasteiger partial charge on any atom is 0.215 e. The SMILES string of the molecule is CN1CCCOC1O. The molecule has 1 aliphatic heterocycles. The highest BCUT2D eigenvalue weighted by Gasteiger charge is 2.14. The van der Waals surface area contributed by atoms with Gasteiger partial charge < -0.3 is 9.84 Å². The van der Waals surface area contributed by atoms with Crippen LogP contribution in [-0.2, 0) is 4.74 Å². The van der Waals surface area contributed by atoms with E-state index in [9.17, 15) is 0 Å². The second-order valence-corrected chi connectivity index (χ2v) is 2.03. The minimum atomic E-state index is -0.663. The number of hydrogen-bond donors (Lipinski definition) is 1. The van der Waals surface area contributed by atoms with Gasteiger partial charge in [0.05, 0.1) is 6.61 Å². The quantitative estimate of drug-likeness (QED) is 0.469. The average Bonchev–Trinajstić information content (AvgIpc) is 1.77. The molecule has 0 amide bonds. The fourth-order valence-electron chi connectivity index (χ4n) is 0.740. The van der Waals surface area contributed by atoms with E-state index in [0.29, 0.717) is 6.61 Å². The Hall–Kier alpha value is -0.120. The van der Waals surface area contributed by atoms with Crippen molar-refractivity contribution >= 4 is 0 Å². The van der Waals surface area contributed by atoms with E-state index in [2.05, 4.69) is 0 Å². The highest BCUT2D eigenvalue weighted by Crippen LogP contribution is 2.02. The Bertz CT molecular complexity index is 66.8. The molecule has 1 atom stereocenters. The van der Waals surface area contributed by atoms with Crippen LogP contribution in [0, 0.1) is 0 Å². The fourth-order valence-corrected chi connectivity index (χ4v) is 0.740. The number of rotatable bonds is 0. The normalized spacial score (nSPS) is 33.0. The van der Waals surface area contributed by atoms with Crippen LogP contribution in [0.5, 0.6) is 0 Å². The molecule has 0 aliphatic carbocycles. The van der Waals surface area contributed by atoms with Crippen molar-refractivity contribution in [1.29, 1.82) is 0 Å². The molecule has 0 aromatic carbocycles. The minimum Gasteiger partial charge on any atom is -0.356 e. The van der Waals surface area contributed by atoms with Gasteiger partial charge in [-0.3, -0.25) is 4.90 Å². The predicted molar refractivity (Wildman–Crippen MR) is 29.2 cm³/mol. The van der Waals surface area contributed by atoms with Crippen LogP contribution in [0.4, 0.5) is 0 Å². The van der Waals surface area contributed by atoms with Crippen LogP contribution >= 0.6 is 0 Å². The van der Waals surface area contributed by atoms with E-state index in [0.717, 1.165) is 13.0 Å². The van der Waals surface area contributed by atoms with E-state index in [1.807, 2.05) is 7.05 Å². The van der Waals surface area contributed by atoms with E-state index in [-0.39, 0.29) is 0 Å². The summed E-state index contributed by atoms with van der Waals surface area (Å²) in [5.41, 5.74) is 0. The highest BCUT2D eigenvalue weighted by molar-refractivity contribution is 4.53. The molecule has 1 rings (SSSR count). The van der Waals surface area contributed by atoms with E-state index in [1.54, 1.807) is 4.90 Å². The standard InChI is InChI=1S/C5H11NO2/c1-6-3-2-4-8-5(6)7/h5,7H,2-4H2,1H3. The minimum absolute atomic E-state index is 0.663. The smallest absolute Gasteiger partial charge is 0.215 e. The van der Waals surface area contributed by atoms with Crippen molar-refractivity contribution in [3.05, 3.63) is 0 Å². The van der Waals surface area contributed by atoms with Crippen molar-refractivity contribution < 1.29 is 9.84 Å². The van der Waals surface area contributed by atoms with Crippen LogP contribution in [-0.4, -0.2) is 36.6 Å². The number of aliphatic hydroxyl groups is 1. The van der Waals surface area contributed by atoms with Crippen molar-refractivity contribution in [3.63, 3.8) is 0 Å². The summed E-state index contributed by atoms with van der Waals surface area (Å²) in [5.74, 6) is 0. The lowest BCUT2D eigenvalue weighted by Crippen LogP contribution is -2.39. The number of ether oxygens (including phenoxy) is 1. The summed E-state index contributed by atoms with van der Waals surface area (Å²) >= 11 is 0. The third-order valence-corrected chi connectivity index (χ3v) is 1.30. The summed E-state index contributed by atoms with van der Waals surface area (Å²) < 4.78 is 4.87. The van der Waals surface area contributed by atoms with Gasteiger partial charge in [0.2, 0.25) is 6.41 Å². The third-order valence-electron chi connectivity index (χ3n) is 1.30. The number of nitrogens with zero attached hydrogens (tertiary/aromatic N) is 1. The summed E-state index contributed by atoms with van der Waals surface area (Å²) in [4.78, 5) is 1.77. The fraction of sp³-hybridized carbons (Fsp3) is 1.00. The van der Waals surface area contributed by atoms with E-state index in [1.165, 1.54) is 0 Å². The van der Waals surface area contributed by atoms with Gasteiger partial charge >= 0.3 is 0 Å². The maximum atomic E-state index is 8.88. The van der Waals surface area contributed by atoms with Crippen LogP contribution in [0.2, 0.25) is 0 Å². The van der Waals surface area contributed by atoms with Crippen LogP contribution in [0.1, 0.15) is 6.42 Å². The lowest BCUT2D eigenvalue weighted by atomic mass is 10.4. The lowest BCUT2D eigenvalue weighted by molar-refractivity contribution is -0.207. The van der Waals surface area contributed by atoms with Gasteiger partial charge in [0.1, 0.15) is 0 Å². The van der Waals surface area contributed by atoms with Gasteiger partial charge in [0.25, 0.3) is 0 Å². The molecule has 3 heteroatoms. The van der Waals surface area contributed by atoms with E-state index in [4.69, 9.17) is 9.84 Å². The molecule has 3 nitrogen and oxygen atoms in total. The Morgan fingerprint density at radius 3 is 2.88 bits per heavy atom. The van der Waals surface area contributed by atoms with E-state index >= 15 is 0 Å². The lowest BCUT2D eigenvalue weighted by Gasteiger charge is -2.27. The molecule has 0 spiro atoms. The van der Waals surface area contributed by atoms with Crippen LogP contribution in [0.3, 0.4) is 0 Å². The maximum absolute atomic E-state index is 8.88.